The Kier molecular flexibility index (Phi) is 4.27. The van der Waals surface area contributed by atoms with E-state index in [9.17, 15) is 9.59 Å². The van der Waals surface area contributed by atoms with Crippen molar-refractivity contribution in [3.63, 3.8) is 0 Å². The molecule has 1 aliphatic heterocycles. The Morgan fingerprint density at radius 3 is 2.65 bits per heavy atom. The van der Waals surface area contributed by atoms with Crippen LogP contribution in [0, 0.1) is 0 Å². The van der Waals surface area contributed by atoms with Crippen molar-refractivity contribution in [1.29, 1.82) is 0 Å². The zero-order valence-electron chi connectivity index (χ0n) is 11.9. The number of nitrogens with one attached hydrogen (secondary N) is 1. The lowest BCUT2D eigenvalue weighted by atomic mass is 9.98. The van der Waals surface area contributed by atoms with E-state index in [1.165, 1.54) is 0 Å². The SMILES string of the molecule is CC1(C)C(=O)NCC(=O)N1CCCOc1ccccc1. The molecule has 2 amide bonds. The molecular weight excluding hydrogens is 256 g/mol. The molecular formula is C15H20N2O3. The Labute approximate surface area is 118 Å². The maximum Gasteiger partial charge on any atom is 0.245 e. The number of para-hydroxylation sites is 1. The minimum Gasteiger partial charge on any atom is -0.494 e. The van der Waals surface area contributed by atoms with Gasteiger partial charge in [0.25, 0.3) is 0 Å². The highest BCUT2D eigenvalue weighted by Gasteiger charge is 2.41. The number of rotatable bonds is 5. The number of hydrogen-bond donors (Lipinski definition) is 1. The van der Waals surface area contributed by atoms with Crippen LogP contribution in [0.3, 0.4) is 0 Å². The van der Waals surface area contributed by atoms with Gasteiger partial charge in [-0.1, -0.05) is 18.2 Å². The summed E-state index contributed by atoms with van der Waals surface area (Å²) in [6, 6.07) is 9.54. The minimum atomic E-state index is -0.790. The van der Waals surface area contributed by atoms with E-state index in [4.69, 9.17) is 4.74 Å². The largest absolute Gasteiger partial charge is 0.494 e. The molecule has 5 heteroatoms. The summed E-state index contributed by atoms with van der Waals surface area (Å²) in [7, 11) is 0. The van der Waals surface area contributed by atoms with Crippen LogP contribution in [0.2, 0.25) is 0 Å². The molecule has 0 radical (unpaired) electrons. The number of hydrogen-bond acceptors (Lipinski definition) is 3. The predicted octanol–water partition coefficient (Wildman–Crippen LogP) is 1.19. The number of nitrogens with zero attached hydrogens (tertiary/aromatic N) is 1. The third-order valence-corrected chi connectivity index (χ3v) is 3.47. The first-order chi connectivity index (χ1) is 9.51. The summed E-state index contributed by atoms with van der Waals surface area (Å²) in [5.74, 6) is 0.657. The van der Waals surface area contributed by atoms with Crippen LogP contribution in [0.5, 0.6) is 5.75 Å². The normalized spacial score (nSPS) is 17.8. The van der Waals surface area contributed by atoms with Gasteiger partial charge in [-0.05, 0) is 32.4 Å². The quantitative estimate of drug-likeness (QED) is 0.822. The molecule has 108 valence electrons. The molecule has 1 N–H and O–H groups in total. The molecule has 1 aromatic rings. The molecule has 1 saturated heterocycles. The van der Waals surface area contributed by atoms with Gasteiger partial charge in [0.05, 0.1) is 13.2 Å². The Morgan fingerprint density at radius 1 is 1.25 bits per heavy atom. The van der Waals surface area contributed by atoms with Crippen molar-refractivity contribution in [2.45, 2.75) is 25.8 Å². The molecule has 0 bridgehead atoms. The molecule has 0 aromatic heterocycles. The van der Waals surface area contributed by atoms with Gasteiger partial charge in [-0.3, -0.25) is 9.59 Å². The van der Waals surface area contributed by atoms with E-state index in [1.54, 1.807) is 18.7 Å². The Hall–Kier alpha value is -2.04. The van der Waals surface area contributed by atoms with E-state index in [-0.39, 0.29) is 18.4 Å². The van der Waals surface area contributed by atoms with Crippen molar-refractivity contribution in [3.8, 4) is 5.75 Å². The van der Waals surface area contributed by atoms with Crippen molar-refractivity contribution in [2.75, 3.05) is 19.7 Å². The van der Waals surface area contributed by atoms with Crippen LogP contribution in [-0.4, -0.2) is 41.9 Å². The number of amides is 2. The van der Waals surface area contributed by atoms with Crippen LogP contribution < -0.4 is 10.1 Å². The number of carbonyl (C=O) groups is 2. The van der Waals surface area contributed by atoms with E-state index < -0.39 is 5.54 Å². The standard InChI is InChI=1S/C15H20N2O3/c1-15(2)14(19)16-11-13(18)17(15)9-6-10-20-12-7-4-3-5-8-12/h3-5,7-8H,6,9-11H2,1-2H3,(H,16,19). The zero-order valence-corrected chi connectivity index (χ0v) is 11.9. The fourth-order valence-electron chi connectivity index (χ4n) is 2.24. The molecule has 1 heterocycles. The molecule has 0 aliphatic carbocycles. The lowest BCUT2D eigenvalue weighted by molar-refractivity contribution is -0.151. The van der Waals surface area contributed by atoms with Crippen LogP contribution in [0.25, 0.3) is 0 Å². The molecule has 0 spiro atoms. The van der Waals surface area contributed by atoms with Crippen LogP contribution >= 0.6 is 0 Å². The third-order valence-electron chi connectivity index (χ3n) is 3.47. The third kappa shape index (κ3) is 3.10. The summed E-state index contributed by atoms with van der Waals surface area (Å²) in [5, 5.41) is 2.61. The van der Waals surface area contributed by atoms with Gasteiger partial charge in [0.1, 0.15) is 11.3 Å². The minimum absolute atomic E-state index is 0.0469. The summed E-state index contributed by atoms with van der Waals surface area (Å²) >= 11 is 0. The summed E-state index contributed by atoms with van der Waals surface area (Å²) in [5.41, 5.74) is -0.790. The van der Waals surface area contributed by atoms with Crippen LogP contribution in [-0.2, 0) is 9.59 Å². The molecule has 20 heavy (non-hydrogen) atoms. The van der Waals surface area contributed by atoms with Gasteiger partial charge in [0.15, 0.2) is 0 Å². The maximum absolute atomic E-state index is 11.9. The van der Waals surface area contributed by atoms with Crippen LogP contribution in [0.15, 0.2) is 30.3 Å². The topological polar surface area (TPSA) is 58.6 Å². The lowest BCUT2D eigenvalue weighted by Gasteiger charge is -2.41. The van der Waals surface area contributed by atoms with Gasteiger partial charge in [-0.15, -0.1) is 0 Å². The highest BCUT2D eigenvalue weighted by atomic mass is 16.5. The highest BCUT2D eigenvalue weighted by molar-refractivity contribution is 5.97. The van der Waals surface area contributed by atoms with Crippen molar-refractivity contribution < 1.29 is 14.3 Å². The van der Waals surface area contributed by atoms with E-state index in [0.717, 1.165) is 5.75 Å². The van der Waals surface area contributed by atoms with Crippen LogP contribution in [0.1, 0.15) is 20.3 Å². The number of piperazine rings is 1. The van der Waals surface area contributed by atoms with Gasteiger partial charge in [-0.2, -0.15) is 0 Å². The van der Waals surface area contributed by atoms with E-state index >= 15 is 0 Å². The number of carbonyl (C=O) groups excluding carboxylic acids is 2. The van der Waals surface area contributed by atoms with Gasteiger partial charge in [-0.25, -0.2) is 0 Å². The second kappa shape index (κ2) is 5.94. The van der Waals surface area contributed by atoms with Crippen molar-refractivity contribution in [2.24, 2.45) is 0 Å². The summed E-state index contributed by atoms with van der Waals surface area (Å²) < 4.78 is 5.59. The summed E-state index contributed by atoms with van der Waals surface area (Å²) in [6.07, 6.45) is 0.692. The Balaban J connectivity index is 1.83. The molecule has 2 rings (SSSR count). The van der Waals surface area contributed by atoms with E-state index in [2.05, 4.69) is 5.32 Å². The molecule has 1 fully saturated rings. The van der Waals surface area contributed by atoms with Crippen molar-refractivity contribution >= 4 is 11.8 Å². The average Bonchev–Trinajstić information content (AvgIpc) is 2.43. The van der Waals surface area contributed by atoms with Crippen LogP contribution in [0.4, 0.5) is 0 Å². The molecule has 0 unspecified atom stereocenters. The fraction of sp³-hybridized carbons (Fsp3) is 0.467. The predicted molar refractivity (Wildman–Crippen MR) is 75.4 cm³/mol. The monoisotopic (exact) mass is 276 g/mol. The van der Waals surface area contributed by atoms with Crippen molar-refractivity contribution in [3.05, 3.63) is 30.3 Å². The number of benzene rings is 1. The Morgan fingerprint density at radius 2 is 1.95 bits per heavy atom. The Bertz CT molecular complexity index is 485. The first kappa shape index (κ1) is 14.4. The molecule has 0 saturated carbocycles. The average molecular weight is 276 g/mol. The molecule has 5 nitrogen and oxygen atoms in total. The van der Waals surface area contributed by atoms with Gasteiger partial charge >= 0.3 is 0 Å². The van der Waals surface area contributed by atoms with E-state index in [0.29, 0.717) is 19.6 Å². The molecule has 1 aromatic carbocycles. The summed E-state index contributed by atoms with van der Waals surface area (Å²) in [4.78, 5) is 25.3. The molecule has 1 aliphatic rings. The van der Waals surface area contributed by atoms with Gasteiger partial charge in [0, 0.05) is 6.54 Å². The summed E-state index contributed by atoms with van der Waals surface area (Å²) in [6.45, 7) is 4.65. The first-order valence-electron chi connectivity index (χ1n) is 6.78. The zero-order chi connectivity index (χ0) is 14.6. The number of ether oxygens (including phenoxy) is 1. The maximum atomic E-state index is 11.9. The molecule has 0 atom stereocenters. The fourth-order valence-corrected chi connectivity index (χ4v) is 2.24. The second-order valence-corrected chi connectivity index (χ2v) is 5.30. The first-order valence-corrected chi connectivity index (χ1v) is 6.78. The van der Waals surface area contributed by atoms with E-state index in [1.807, 2.05) is 30.3 Å². The second-order valence-electron chi connectivity index (χ2n) is 5.30. The van der Waals surface area contributed by atoms with Gasteiger partial charge in [0.2, 0.25) is 11.8 Å². The smallest absolute Gasteiger partial charge is 0.245 e. The lowest BCUT2D eigenvalue weighted by Crippen LogP contribution is -2.64. The van der Waals surface area contributed by atoms with Gasteiger partial charge < -0.3 is 15.0 Å². The van der Waals surface area contributed by atoms with Crippen molar-refractivity contribution in [1.82, 2.24) is 10.2 Å². The highest BCUT2D eigenvalue weighted by Crippen LogP contribution is 2.18.